The summed E-state index contributed by atoms with van der Waals surface area (Å²) in [6.45, 7) is 6.63. The Labute approximate surface area is 94.5 Å². The number of rotatable bonds is 6. The summed E-state index contributed by atoms with van der Waals surface area (Å²) in [5.41, 5.74) is 1.89. The molecule has 0 aliphatic heterocycles. The standard InChI is InChI=1S/C10H18N2S2/c1-4-13-6-8(2)12-9(3)10-5-11-7-14-10/h5,7-9,12H,4,6H2,1-3H3. The Morgan fingerprint density at radius 2 is 2.36 bits per heavy atom. The summed E-state index contributed by atoms with van der Waals surface area (Å²) in [4.78, 5) is 5.40. The molecule has 1 aromatic heterocycles. The molecule has 14 heavy (non-hydrogen) atoms. The van der Waals surface area contributed by atoms with E-state index in [1.165, 1.54) is 16.4 Å². The van der Waals surface area contributed by atoms with Crippen molar-refractivity contribution in [2.75, 3.05) is 11.5 Å². The highest BCUT2D eigenvalue weighted by atomic mass is 32.2. The third kappa shape index (κ3) is 3.98. The Hall–Kier alpha value is -0.0600. The van der Waals surface area contributed by atoms with Crippen molar-refractivity contribution in [3.63, 3.8) is 0 Å². The summed E-state index contributed by atoms with van der Waals surface area (Å²) in [6.07, 6.45) is 1.95. The molecule has 0 aliphatic rings. The fourth-order valence-electron chi connectivity index (χ4n) is 1.29. The fourth-order valence-corrected chi connectivity index (χ4v) is 2.61. The molecule has 2 nitrogen and oxygen atoms in total. The zero-order valence-electron chi connectivity index (χ0n) is 8.99. The van der Waals surface area contributed by atoms with Gasteiger partial charge in [0.15, 0.2) is 0 Å². The summed E-state index contributed by atoms with van der Waals surface area (Å²) in [5.74, 6) is 2.38. The lowest BCUT2D eigenvalue weighted by molar-refractivity contribution is 0.516. The molecular weight excluding hydrogens is 212 g/mol. The van der Waals surface area contributed by atoms with Crippen molar-refractivity contribution in [3.05, 3.63) is 16.6 Å². The van der Waals surface area contributed by atoms with Crippen molar-refractivity contribution in [3.8, 4) is 0 Å². The molecule has 2 atom stereocenters. The van der Waals surface area contributed by atoms with Gasteiger partial charge in [-0.2, -0.15) is 11.8 Å². The summed E-state index contributed by atoms with van der Waals surface area (Å²) in [5, 5.41) is 3.57. The Bertz CT molecular complexity index is 236. The summed E-state index contributed by atoms with van der Waals surface area (Å²) in [6, 6.07) is 0.993. The molecule has 1 rings (SSSR count). The normalized spacial score (nSPS) is 15.4. The predicted octanol–water partition coefficient (Wildman–Crippen LogP) is 2.94. The third-order valence-electron chi connectivity index (χ3n) is 1.98. The molecular formula is C10H18N2S2. The molecule has 2 unspecified atom stereocenters. The molecule has 0 spiro atoms. The van der Waals surface area contributed by atoms with Crippen LogP contribution in [-0.4, -0.2) is 22.5 Å². The highest BCUT2D eigenvalue weighted by Crippen LogP contribution is 2.17. The molecule has 0 aromatic carbocycles. The summed E-state index contributed by atoms with van der Waals surface area (Å²) >= 11 is 3.70. The lowest BCUT2D eigenvalue weighted by Gasteiger charge is -2.18. The lowest BCUT2D eigenvalue weighted by Crippen LogP contribution is -2.30. The van der Waals surface area contributed by atoms with E-state index >= 15 is 0 Å². The van der Waals surface area contributed by atoms with E-state index in [1.54, 1.807) is 11.3 Å². The third-order valence-corrected chi connectivity index (χ3v) is 4.09. The second kappa shape index (κ2) is 6.43. The summed E-state index contributed by atoms with van der Waals surface area (Å²) < 4.78 is 0. The van der Waals surface area contributed by atoms with Crippen molar-refractivity contribution in [1.82, 2.24) is 10.3 Å². The average molecular weight is 230 g/mol. The Balaban J connectivity index is 2.29. The van der Waals surface area contributed by atoms with Crippen LogP contribution in [0.5, 0.6) is 0 Å². The smallest absolute Gasteiger partial charge is 0.0794 e. The Kier molecular flexibility index (Phi) is 5.52. The Morgan fingerprint density at radius 3 is 2.93 bits per heavy atom. The van der Waals surface area contributed by atoms with E-state index in [0.717, 1.165) is 0 Å². The van der Waals surface area contributed by atoms with Gasteiger partial charge >= 0.3 is 0 Å². The maximum atomic E-state index is 4.09. The second-order valence-corrected chi connectivity index (χ2v) is 5.59. The van der Waals surface area contributed by atoms with Gasteiger partial charge < -0.3 is 5.32 Å². The minimum absolute atomic E-state index is 0.426. The van der Waals surface area contributed by atoms with E-state index in [1.807, 2.05) is 23.5 Å². The predicted molar refractivity (Wildman–Crippen MR) is 66.1 cm³/mol. The maximum Gasteiger partial charge on any atom is 0.0794 e. The first kappa shape index (κ1) is 12.0. The second-order valence-electron chi connectivity index (χ2n) is 3.35. The van der Waals surface area contributed by atoms with Crippen LogP contribution in [0.25, 0.3) is 0 Å². The van der Waals surface area contributed by atoms with Gasteiger partial charge in [-0.25, -0.2) is 0 Å². The van der Waals surface area contributed by atoms with Gasteiger partial charge in [-0.05, 0) is 19.6 Å². The molecule has 1 N–H and O–H groups in total. The Morgan fingerprint density at radius 1 is 1.57 bits per heavy atom. The zero-order chi connectivity index (χ0) is 10.4. The van der Waals surface area contributed by atoms with Crippen LogP contribution in [0.1, 0.15) is 31.7 Å². The topological polar surface area (TPSA) is 24.9 Å². The molecule has 0 aliphatic carbocycles. The van der Waals surface area contributed by atoms with E-state index in [9.17, 15) is 0 Å². The van der Waals surface area contributed by atoms with Gasteiger partial charge in [0.1, 0.15) is 0 Å². The summed E-state index contributed by atoms with van der Waals surface area (Å²) in [7, 11) is 0. The fraction of sp³-hybridized carbons (Fsp3) is 0.700. The minimum atomic E-state index is 0.426. The van der Waals surface area contributed by atoms with Crippen molar-refractivity contribution in [2.45, 2.75) is 32.9 Å². The molecule has 1 heterocycles. The van der Waals surface area contributed by atoms with Crippen molar-refractivity contribution < 1.29 is 0 Å². The van der Waals surface area contributed by atoms with E-state index < -0.39 is 0 Å². The van der Waals surface area contributed by atoms with Crippen LogP contribution in [0.3, 0.4) is 0 Å². The van der Waals surface area contributed by atoms with Gasteiger partial charge in [0.2, 0.25) is 0 Å². The molecule has 0 radical (unpaired) electrons. The van der Waals surface area contributed by atoms with Gasteiger partial charge in [-0.1, -0.05) is 6.92 Å². The monoisotopic (exact) mass is 230 g/mol. The van der Waals surface area contributed by atoms with Crippen LogP contribution in [0.2, 0.25) is 0 Å². The number of thiazole rings is 1. The molecule has 4 heteroatoms. The van der Waals surface area contributed by atoms with Crippen molar-refractivity contribution >= 4 is 23.1 Å². The van der Waals surface area contributed by atoms with Gasteiger partial charge in [0.25, 0.3) is 0 Å². The van der Waals surface area contributed by atoms with Crippen LogP contribution >= 0.6 is 23.1 Å². The lowest BCUT2D eigenvalue weighted by atomic mass is 10.2. The molecule has 0 amide bonds. The van der Waals surface area contributed by atoms with E-state index in [2.05, 4.69) is 31.1 Å². The van der Waals surface area contributed by atoms with Crippen molar-refractivity contribution in [2.24, 2.45) is 0 Å². The zero-order valence-corrected chi connectivity index (χ0v) is 10.6. The molecule has 80 valence electrons. The van der Waals surface area contributed by atoms with Crippen LogP contribution in [-0.2, 0) is 0 Å². The highest BCUT2D eigenvalue weighted by Gasteiger charge is 2.09. The largest absolute Gasteiger partial charge is 0.306 e. The first-order chi connectivity index (χ1) is 6.74. The quantitative estimate of drug-likeness (QED) is 0.813. The van der Waals surface area contributed by atoms with Crippen molar-refractivity contribution in [1.29, 1.82) is 0 Å². The minimum Gasteiger partial charge on any atom is -0.306 e. The number of nitrogens with zero attached hydrogens (tertiary/aromatic N) is 1. The number of hydrogen-bond acceptors (Lipinski definition) is 4. The number of aromatic nitrogens is 1. The molecule has 0 fully saturated rings. The van der Waals surface area contributed by atoms with E-state index in [-0.39, 0.29) is 0 Å². The number of nitrogens with one attached hydrogen (secondary N) is 1. The van der Waals surface area contributed by atoms with Gasteiger partial charge in [0.05, 0.1) is 5.51 Å². The average Bonchev–Trinajstić information content (AvgIpc) is 2.67. The maximum absolute atomic E-state index is 4.09. The van der Waals surface area contributed by atoms with Crippen LogP contribution in [0.15, 0.2) is 11.7 Å². The van der Waals surface area contributed by atoms with Gasteiger partial charge in [0, 0.05) is 28.9 Å². The van der Waals surface area contributed by atoms with E-state index in [4.69, 9.17) is 0 Å². The SMILES string of the molecule is CCSCC(C)NC(C)c1cncs1. The van der Waals surface area contributed by atoms with E-state index in [0.29, 0.717) is 12.1 Å². The van der Waals surface area contributed by atoms with Gasteiger partial charge in [-0.3, -0.25) is 4.98 Å². The number of hydrogen-bond donors (Lipinski definition) is 1. The van der Waals surface area contributed by atoms with Crippen LogP contribution in [0, 0.1) is 0 Å². The molecule has 0 saturated carbocycles. The van der Waals surface area contributed by atoms with Crippen LogP contribution < -0.4 is 5.32 Å². The number of thioether (sulfide) groups is 1. The molecule has 1 aromatic rings. The molecule has 0 saturated heterocycles. The highest BCUT2D eigenvalue weighted by molar-refractivity contribution is 7.99. The first-order valence-corrected chi connectivity index (χ1v) is 6.99. The van der Waals surface area contributed by atoms with Gasteiger partial charge in [-0.15, -0.1) is 11.3 Å². The van der Waals surface area contributed by atoms with Crippen LogP contribution in [0.4, 0.5) is 0 Å². The first-order valence-electron chi connectivity index (χ1n) is 4.96. The molecule has 0 bridgehead atoms.